The third-order valence-corrected chi connectivity index (χ3v) is 5.80. The van der Waals surface area contributed by atoms with Crippen LogP contribution in [0.3, 0.4) is 0 Å². The molecule has 1 aliphatic rings. The van der Waals surface area contributed by atoms with E-state index in [0.29, 0.717) is 48.4 Å². The van der Waals surface area contributed by atoms with Gasteiger partial charge < -0.3 is 15.4 Å². The van der Waals surface area contributed by atoms with Gasteiger partial charge in [0.25, 0.3) is 0 Å². The summed E-state index contributed by atoms with van der Waals surface area (Å²) in [5.74, 6) is -2.29. The Morgan fingerprint density at radius 3 is 2.65 bits per heavy atom. The summed E-state index contributed by atoms with van der Waals surface area (Å²) in [6, 6.07) is 11.5. The molecule has 0 unspecified atom stereocenters. The van der Waals surface area contributed by atoms with E-state index in [9.17, 15) is 18.0 Å². The van der Waals surface area contributed by atoms with E-state index in [1.54, 1.807) is 18.2 Å². The van der Waals surface area contributed by atoms with E-state index in [1.807, 2.05) is 6.54 Å². The van der Waals surface area contributed by atoms with E-state index in [2.05, 4.69) is 15.6 Å². The first-order chi connectivity index (χ1) is 16.5. The zero-order chi connectivity index (χ0) is 23.9. The molecule has 1 amide bonds. The van der Waals surface area contributed by atoms with Crippen LogP contribution in [0.2, 0.25) is 0 Å². The van der Waals surface area contributed by atoms with E-state index in [1.165, 1.54) is 36.5 Å². The summed E-state index contributed by atoms with van der Waals surface area (Å²) in [5.41, 5.74) is 1.91. The number of halogens is 3. The second-order valence-electron chi connectivity index (χ2n) is 8.17. The number of anilines is 1. The van der Waals surface area contributed by atoms with Gasteiger partial charge in [-0.1, -0.05) is 18.2 Å². The highest BCUT2D eigenvalue weighted by Gasteiger charge is 2.22. The van der Waals surface area contributed by atoms with Crippen LogP contribution >= 0.6 is 0 Å². The van der Waals surface area contributed by atoms with Crippen LogP contribution in [0, 0.1) is 24.0 Å². The zero-order valence-electron chi connectivity index (χ0n) is 18.4. The average Bonchev–Trinajstić information content (AvgIpc) is 2.83. The van der Waals surface area contributed by atoms with Gasteiger partial charge in [0.1, 0.15) is 17.5 Å². The second kappa shape index (κ2) is 11.3. The molecule has 1 saturated heterocycles. The number of nitrogens with one attached hydrogen (secondary N) is 2. The monoisotopic (exact) mass is 468 g/mol. The Kier molecular flexibility index (Phi) is 7.92. The van der Waals surface area contributed by atoms with Crippen molar-refractivity contribution in [1.29, 1.82) is 0 Å². The SMILES string of the molecule is O=C(C[C@H](c1ccc(F)cc1)c1cncc(F)c1)Nc1cccc(F)c1CC[C@@H]1CN[CH]CO1. The molecule has 2 heterocycles. The Morgan fingerprint density at radius 2 is 1.91 bits per heavy atom. The fourth-order valence-corrected chi connectivity index (χ4v) is 4.07. The normalized spacial score (nSPS) is 16.7. The Bertz CT molecular complexity index is 1120. The summed E-state index contributed by atoms with van der Waals surface area (Å²) in [5, 5.41) is 5.93. The van der Waals surface area contributed by atoms with Gasteiger partial charge in [-0.25, -0.2) is 13.2 Å². The first-order valence-electron chi connectivity index (χ1n) is 11.1. The molecule has 4 rings (SSSR count). The fourth-order valence-electron chi connectivity index (χ4n) is 4.07. The van der Waals surface area contributed by atoms with Crippen LogP contribution in [-0.2, 0) is 16.0 Å². The lowest BCUT2D eigenvalue weighted by Gasteiger charge is -2.24. The molecule has 0 saturated carbocycles. The molecule has 0 bridgehead atoms. The topological polar surface area (TPSA) is 63.2 Å². The Labute approximate surface area is 196 Å². The quantitative estimate of drug-likeness (QED) is 0.501. The lowest BCUT2D eigenvalue weighted by molar-refractivity contribution is -0.116. The molecule has 1 radical (unpaired) electrons. The molecule has 177 valence electrons. The first-order valence-corrected chi connectivity index (χ1v) is 11.1. The molecular weight excluding hydrogens is 443 g/mol. The smallest absolute Gasteiger partial charge is 0.225 e. The summed E-state index contributed by atoms with van der Waals surface area (Å²) >= 11 is 0. The number of aromatic nitrogens is 1. The molecule has 8 heteroatoms. The highest BCUT2D eigenvalue weighted by atomic mass is 19.1. The zero-order valence-corrected chi connectivity index (χ0v) is 18.4. The van der Waals surface area contributed by atoms with E-state index in [0.717, 1.165) is 6.20 Å². The Hall–Kier alpha value is -3.23. The van der Waals surface area contributed by atoms with Gasteiger partial charge in [-0.2, -0.15) is 0 Å². The molecule has 5 nitrogen and oxygen atoms in total. The molecule has 34 heavy (non-hydrogen) atoms. The number of pyridine rings is 1. The maximum atomic E-state index is 14.6. The average molecular weight is 468 g/mol. The summed E-state index contributed by atoms with van der Waals surface area (Å²) in [6.45, 7) is 2.97. The van der Waals surface area contributed by atoms with Crippen LogP contribution in [0.15, 0.2) is 60.9 Å². The number of rotatable bonds is 8. The Balaban J connectivity index is 1.51. The number of carbonyl (C=O) groups is 1. The van der Waals surface area contributed by atoms with Crippen molar-refractivity contribution in [2.75, 3.05) is 18.5 Å². The molecule has 1 aromatic heterocycles. The molecule has 1 aliphatic heterocycles. The van der Waals surface area contributed by atoms with Crippen molar-refractivity contribution in [2.24, 2.45) is 0 Å². The molecular formula is C26H25F3N3O2. The number of amides is 1. The number of hydrogen-bond donors (Lipinski definition) is 2. The van der Waals surface area contributed by atoms with Crippen molar-refractivity contribution in [3.8, 4) is 0 Å². The van der Waals surface area contributed by atoms with Crippen LogP contribution in [0.25, 0.3) is 0 Å². The van der Waals surface area contributed by atoms with Gasteiger partial charge in [-0.3, -0.25) is 9.78 Å². The maximum absolute atomic E-state index is 14.6. The first kappa shape index (κ1) is 23.9. The number of hydrogen-bond acceptors (Lipinski definition) is 4. The summed E-state index contributed by atoms with van der Waals surface area (Å²) in [4.78, 5) is 16.9. The number of benzene rings is 2. The van der Waals surface area contributed by atoms with Crippen LogP contribution in [0.5, 0.6) is 0 Å². The molecule has 2 aromatic carbocycles. The summed E-state index contributed by atoms with van der Waals surface area (Å²) < 4.78 is 47.6. The van der Waals surface area contributed by atoms with Gasteiger partial charge in [-0.05, 0) is 54.3 Å². The van der Waals surface area contributed by atoms with Crippen molar-refractivity contribution < 1.29 is 22.7 Å². The molecule has 3 aromatic rings. The lowest BCUT2D eigenvalue weighted by Crippen LogP contribution is -2.35. The minimum Gasteiger partial charge on any atom is -0.375 e. The van der Waals surface area contributed by atoms with Gasteiger partial charge in [0.2, 0.25) is 5.91 Å². The molecule has 0 aliphatic carbocycles. The summed E-state index contributed by atoms with van der Waals surface area (Å²) in [7, 11) is 0. The fraction of sp³-hybridized carbons (Fsp3) is 0.269. The maximum Gasteiger partial charge on any atom is 0.225 e. The summed E-state index contributed by atoms with van der Waals surface area (Å²) in [6.07, 6.45) is 3.44. The highest BCUT2D eigenvalue weighted by molar-refractivity contribution is 5.92. The highest BCUT2D eigenvalue weighted by Crippen LogP contribution is 2.30. The van der Waals surface area contributed by atoms with Gasteiger partial charge in [0.15, 0.2) is 0 Å². The standard InChI is InChI=1S/C26H25F3N3O2/c27-19-6-4-17(5-7-19)23(18-12-20(28)15-31-14-18)13-26(33)32-25-3-1-2-24(29)22(25)9-8-21-16-30-10-11-34-21/h1-7,10,12,14-15,21,23,30H,8-9,11,13,16H2,(H,32,33)/t21-,23-/m1/s1. The van der Waals surface area contributed by atoms with Crippen LogP contribution in [0.1, 0.15) is 35.4 Å². The van der Waals surface area contributed by atoms with Crippen molar-refractivity contribution in [2.45, 2.75) is 31.3 Å². The van der Waals surface area contributed by atoms with E-state index in [4.69, 9.17) is 4.74 Å². The third-order valence-electron chi connectivity index (χ3n) is 5.80. The second-order valence-corrected chi connectivity index (χ2v) is 8.17. The van der Waals surface area contributed by atoms with E-state index < -0.39 is 23.4 Å². The molecule has 2 N–H and O–H groups in total. The minimum absolute atomic E-state index is 0.0449. The number of morpholine rings is 1. The molecule has 0 spiro atoms. The van der Waals surface area contributed by atoms with Gasteiger partial charge >= 0.3 is 0 Å². The van der Waals surface area contributed by atoms with Crippen LogP contribution < -0.4 is 10.6 Å². The largest absolute Gasteiger partial charge is 0.375 e. The lowest BCUT2D eigenvalue weighted by atomic mass is 9.89. The van der Waals surface area contributed by atoms with Crippen LogP contribution in [0.4, 0.5) is 18.9 Å². The predicted octanol–water partition coefficient (Wildman–Crippen LogP) is 4.74. The number of carbonyl (C=O) groups excluding carboxylic acids is 1. The van der Waals surface area contributed by atoms with Crippen molar-refractivity contribution in [1.82, 2.24) is 10.3 Å². The predicted molar refractivity (Wildman–Crippen MR) is 122 cm³/mol. The van der Waals surface area contributed by atoms with Crippen molar-refractivity contribution >= 4 is 11.6 Å². The van der Waals surface area contributed by atoms with Gasteiger partial charge in [-0.15, -0.1) is 0 Å². The van der Waals surface area contributed by atoms with Crippen LogP contribution in [-0.4, -0.2) is 30.1 Å². The van der Waals surface area contributed by atoms with E-state index >= 15 is 0 Å². The number of nitrogens with zero attached hydrogens (tertiary/aromatic N) is 1. The number of ether oxygens (including phenoxy) is 1. The minimum atomic E-state index is -0.557. The third kappa shape index (κ3) is 6.21. The molecule has 1 fully saturated rings. The van der Waals surface area contributed by atoms with E-state index in [-0.39, 0.29) is 18.4 Å². The van der Waals surface area contributed by atoms with Gasteiger partial charge in [0, 0.05) is 42.9 Å². The van der Waals surface area contributed by atoms with Crippen molar-refractivity contribution in [3.63, 3.8) is 0 Å². The van der Waals surface area contributed by atoms with Gasteiger partial charge in [0.05, 0.1) is 18.9 Å². The Morgan fingerprint density at radius 1 is 1.09 bits per heavy atom. The van der Waals surface area contributed by atoms with Crippen molar-refractivity contribution in [3.05, 3.63) is 102 Å². The molecule has 2 atom stereocenters.